The summed E-state index contributed by atoms with van der Waals surface area (Å²) >= 11 is 6.03. The number of benzene rings is 1. The van der Waals surface area contributed by atoms with E-state index in [1.165, 1.54) is 0 Å². The average molecular weight is 252 g/mol. The maximum atomic E-state index is 7.62. The molecule has 2 unspecified atom stereocenters. The summed E-state index contributed by atoms with van der Waals surface area (Å²) in [6, 6.07) is 5.52. The zero-order chi connectivity index (χ0) is 12.6. The smallest absolute Gasteiger partial charge is 0.124 e. The molecule has 0 bridgehead atoms. The minimum atomic E-state index is 0.101. The molecule has 17 heavy (non-hydrogen) atoms. The van der Waals surface area contributed by atoms with Crippen molar-refractivity contribution < 1.29 is 0 Å². The molecule has 0 aromatic heterocycles. The van der Waals surface area contributed by atoms with E-state index in [1.54, 1.807) is 6.07 Å². The van der Waals surface area contributed by atoms with Crippen LogP contribution in [0, 0.1) is 17.2 Å². The average Bonchev–Trinajstić information content (AvgIpc) is 2.58. The van der Waals surface area contributed by atoms with Gasteiger partial charge in [0.15, 0.2) is 0 Å². The van der Waals surface area contributed by atoms with E-state index < -0.39 is 0 Å². The predicted molar refractivity (Wildman–Crippen MR) is 73.0 cm³/mol. The Labute approximate surface area is 107 Å². The maximum absolute atomic E-state index is 7.62. The van der Waals surface area contributed by atoms with Crippen LogP contribution in [-0.4, -0.2) is 18.9 Å². The van der Waals surface area contributed by atoms with Crippen molar-refractivity contribution in [3.63, 3.8) is 0 Å². The number of hydrogen-bond donors (Lipinski definition) is 2. The van der Waals surface area contributed by atoms with Crippen LogP contribution in [0.2, 0.25) is 5.02 Å². The molecule has 3 N–H and O–H groups in total. The highest BCUT2D eigenvalue weighted by Gasteiger charge is 2.27. The Bertz CT molecular complexity index is 434. The molecule has 0 spiro atoms. The lowest BCUT2D eigenvalue weighted by molar-refractivity contribution is 0.494. The highest BCUT2D eigenvalue weighted by atomic mass is 35.5. The molecule has 2 rings (SSSR count). The summed E-state index contributed by atoms with van der Waals surface area (Å²) in [6.07, 6.45) is 0. The fraction of sp³-hybridized carbons (Fsp3) is 0.462. The van der Waals surface area contributed by atoms with E-state index in [4.69, 9.17) is 22.7 Å². The summed E-state index contributed by atoms with van der Waals surface area (Å²) in [4.78, 5) is 2.28. The van der Waals surface area contributed by atoms with Gasteiger partial charge in [-0.3, -0.25) is 5.41 Å². The molecule has 1 saturated heterocycles. The van der Waals surface area contributed by atoms with Gasteiger partial charge in [0.25, 0.3) is 0 Å². The molecule has 3 nitrogen and oxygen atoms in total. The van der Waals surface area contributed by atoms with Crippen molar-refractivity contribution in [2.24, 2.45) is 17.6 Å². The lowest BCUT2D eigenvalue weighted by Gasteiger charge is -2.21. The van der Waals surface area contributed by atoms with Crippen LogP contribution in [0.25, 0.3) is 0 Å². The van der Waals surface area contributed by atoms with E-state index in [-0.39, 0.29) is 5.84 Å². The molecule has 4 heteroatoms. The summed E-state index contributed by atoms with van der Waals surface area (Å²) in [5, 5.41) is 8.31. The Kier molecular flexibility index (Phi) is 3.29. The molecule has 1 aliphatic rings. The van der Waals surface area contributed by atoms with E-state index in [0.717, 1.165) is 24.3 Å². The van der Waals surface area contributed by atoms with Gasteiger partial charge in [-0.2, -0.15) is 0 Å². The Morgan fingerprint density at radius 2 is 1.94 bits per heavy atom. The third-order valence-electron chi connectivity index (χ3n) is 3.58. The van der Waals surface area contributed by atoms with Gasteiger partial charge in [0.1, 0.15) is 5.84 Å². The number of halogens is 1. The fourth-order valence-electron chi connectivity index (χ4n) is 2.32. The van der Waals surface area contributed by atoms with Gasteiger partial charge in [0.2, 0.25) is 0 Å². The maximum Gasteiger partial charge on any atom is 0.124 e. The van der Waals surface area contributed by atoms with Crippen LogP contribution in [0.4, 0.5) is 5.69 Å². The van der Waals surface area contributed by atoms with Crippen LogP contribution in [0.3, 0.4) is 0 Å². The summed E-state index contributed by atoms with van der Waals surface area (Å²) in [5.41, 5.74) is 7.38. The Morgan fingerprint density at radius 1 is 1.35 bits per heavy atom. The molecule has 1 aromatic rings. The second kappa shape index (κ2) is 4.57. The van der Waals surface area contributed by atoms with Crippen LogP contribution >= 0.6 is 11.6 Å². The Balaban J connectivity index is 2.37. The third kappa shape index (κ3) is 2.39. The molecule has 1 aromatic carbocycles. The Hall–Kier alpha value is -1.22. The van der Waals surface area contributed by atoms with Crippen LogP contribution < -0.4 is 10.6 Å². The molecule has 2 atom stereocenters. The molecule has 1 aliphatic heterocycles. The molecule has 1 fully saturated rings. The van der Waals surface area contributed by atoms with E-state index in [9.17, 15) is 0 Å². The summed E-state index contributed by atoms with van der Waals surface area (Å²) in [5.74, 6) is 1.42. The summed E-state index contributed by atoms with van der Waals surface area (Å²) in [6.45, 7) is 6.51. The Morgan fingerprint density at radius 3 is 2.47 bits per heavy atom. The monoisotopic (exact) mass is 251 g/mol. The predicted octanol–water partition coefficient (Wildman–Crippen LogP) is 2.72. The number of nitrogens with zero attached hydrogens (tertiary/aromatic N) is 1. The SMILES string of the molecule is CC1CN(c2cc(Cl)ccc2C(=N)N)CC1C. The van der Waals surface area contributed by atoms with Gasteiger partial charge in [-0.25, -0.2) is 0 Å². The van der Waals surface area contributed by atoms with Crippen molar-refractivity contribution in [2.75, 3.05) is 18.0 Å². The van der Waals surface area contributed by atoms with Crippen molar-refractivity contribution in [3.8, 4) is 0 Å². The molecule has 0 saturated carbocycles. The van der Waals surface area contributed by atoms with Gasteiger partial charge in [0.05, 0.1) is 0 Å². The highest BCUT2D eigenvalue weighted by molar-refractivity contribution is 6.31. The second-order valence-corrected chi connectivity index (χ2v) is 5.37. The molecule has 1 heterocycles. The van der Waals surface area contributed by atoms with E-state index in [1.807, 2.05) is 12.1 Å². The lowest BCUT2D eigenvalue weighted by atomic mass is 10.0. The lowest BCUT2D eigenvalue weighted by Crippen LogP contribution is -2.24. The number of nitrogens with one attached hydrogen (secondary N) is 1. The van der Waals surface area contributed by atoms with Crippen molar-refractivity contribution in [2.45, 2.75) is 13.8 Å². The molecule has 0 radical (unpaired) electrons. The van der Waals surface area contributed by atoms with Gasteiger partial charge in [-0.15, -0.1) is 0 Å². The zero-order valence-electron chi connectivity index (χ0n) is 10.2. The quantitative estimate of drug-likeness (QED) is 0.627. The van der Waals surface area contributed by atoms with Crippen molar-refractivity contribution in [1.82, 2.24) is 0 Å². The van der Waals surface area contributed by atoms with E-state index in [0.29, 0.717) is 16.9 Å². The second-order valence-electron chi connectivity index (χ2n) is 4.93. The van der Waals surface area contributed by atoms with Gasteiger partial charge in [-0.1, -0.05) is 25.4 Å². The van der Waals surface area contributed by atoms with Gasteiger partial charge in [-0.05, 0) is 30.0 Å². The van der Waals surface area contributed by atoms with Gasteiger partial charge < -0.3 is 10.6 Å². The molecular weight excluding hydrogens is 234 g/mol. The zero-order valence-corrected chi connectivity index (χ0v) is 11.0. The first kappa shape index (κ1) is 12.2. The topological polar surface area (TPSA) is 53.1 Å². The minimum Gasteiger partial charge on any atom is -0.384 e. The number of nitrogens with two attached hydrogens (primary N) is 1. The standard InChI is InChI=1S/C13H18ClN3/c1-8-6-17(7-9(8)2)12-5-10(14)3-4-11(12)13(15)16/h3-5,8-9H,6-7H2,1-2H3,(H3,15,16). The van der Waals surface area contributed by atoms with E-state index >= 15 is 0 Å². The highest BCUT2D eigenvalue weighted by Crippen LogP contribution is 2.31. The number of anilines is 1. The van der Waals surface area contributed by atoms with Crippen LogP contribution in [0.15, 0.2) is 18.2 Å². The van der Waals surface area contributed by atoms with Crippen LogP contribution in [-0.2, 0) is 0 Å². The van der Waals surface area contributed by atoms with Gasteiger partial charge in [0, 0.05) is 29.4 Å². The number of nitrogen functional groups attached to an aromatic ring is 1. The first-order chi connectivity index (χ1) is 7.99. The van der Waals surface area contributed by atoms with Gasteiger partial charge >= 0.3 is 0 Å². The molecular formula is C13H18ClN3. The largest absolute Gasteiger partial charge is 0.384 e. The van der Waals surface area contributed by atoms with Crippen LogP contribution in [0.5, 0.6) is 0 Å². The number of hydrogen-bond acceptors (Lipinski definition) is 2. The van der Waals surface area contributed by atoms with Crippen LogP contribution in [0.1, 0.15) is 19.4 Å². The molecule has 0 amide bonds. The number of amidine groups is 1. The fourth-order valence-corrected chi connectivity index (χ4v) is 2.49. The van der Waals surface area contributed by atoms with Crippen molar-refractivity contribution in [1.29, 1.82) is 5.41 Å². The first-order valence-corrected chi connectivity index (χ1v) is 6.25. The summed E-state index contributed by atoms with van der Waals surface area (Å²) < 4.78 is 0. The minimum absolute atomic E-state index is 0.101. The molecule has 92 valence electrons. The first-order valence-electron chi connectivity index (χ1n) is 5.88. The van der Waals surface area contributed by atoms with Crippen molar-refractivity contribution >= 4 is 23.1 Å². The summed E-state index contributed by atoms with van der Waals surface area (Å²) in [7, 11) is 0. The van der Waals surface area contributed by atoms with E-state index in [2.05, 4.69) is 18.7 Å². The number of rotatable bonds is 2. The normalized spacial score (nSPS) is 24.1. The third-order valence-corrected chi connectivity index (χ3v) is 3.81. The molecule has 0 aliphatic carbocycles. The van der Waals surface area contributed by atoms with Crippen molar-refractivity contribution in [3.05, 3.63) is 28.8 Å².